The van der Waals surface area contributed by atoms with Crippen molar-refractivity contribution in [3.05, 3.63) is 54.0 Å². The number of anilines is 2. The predicted octanol–water partition coefficient (Wildman–Crippen LogP) is 3.29. The molecule has 8 heteroatoms. The number of amides is 1. The average Bonchev–Trinajstić information content (AvgIpc) is 2.58. The van der Waals surface area contributed by atoms with Gasteiger partial charge in [0.25, 0.3) is 5.91 Å². The van der Waals surface area contributed by atoms with Gasteiger partial charge in [0.1, 0.15) is 11.6 Å². The fourth-order valence-corrected chi connectivity index (χ4v) is 2.62. The van der Waals surface area contributed by atoms with Gasteiger partial charge in [0.15, 0.2) is 0 Å². The van der Waals surface area contributed by atoms with Gasteiger partial charge in [-0.2, -0.15) is 0 Å². The third-order valence-corrected chi connectivity index (χ3v) is 3.81. The maximum absolute atomic E-state index is 13.8. The van der Waals surface area contributed by atoms with Crippen molar-refractivity contribution in [2.24, 2.45) is 0 Å². The topological polar surface area (TPSA) is 66.0 Å². The summed E-state index contributed by atoms with van der Waals surface area (Å²) >= 11 is 0. The SMILES string of the molecule is Cl.Cl.O=C(NC1CCCNC1)c1cccnc1Nc1ccccc1F. The lowest BCUT2D eigenvalue weighted by atomic mass is 10.1. The van der Waals surface area contributed by atoms with Crippen molar-refractivity contribution in [3.8, 4) is 0 Å². The second-order valence-corrected chi connectivity index (χ2v) is 5.52. The molecular weight excluding hydrogens is 366 g/mol. The molecule has 5 nitrogen and oxygen atoms in total. The first-order valence-corrected chi connectivity index (χ1v) is 7.72. The van der Waals surface area contributed by atoms with Gasteiger partial charge in [-0.25, -0.2) is 9.37 Å². The molecule has 1 aromatic heterocycles. The first kappa shape index (κ1) is 21.2. The van der Waals surface area contributed by atoms with Crippen LogP contribution in [0.15, 0.2) is 42.6 Å². The van der Waals surface area contributed by atoms with Crippen molar-refractivity contribution in [2.75, 3.05) is 18.4 Å². The normalized spacial score (nSPS) is 16.1. The largest absolute Gasteiger partial charge is 0.348 e. The number of halogens is 3. The molecule has 0 radical (unpaired) electrons. The summed E-state index contributed by atoms with van der Waals surface area (Å²) in [6.07, 6.45) is 3.56. The van der Waals surface area contributed by atoms with Crippen molar-refractivity contribution < 1.29 is 9.18 Å². The Balaban J connectivity index is 0.00000156. The van der Waals surface area contributed by atoms with Crippen LogP contribution >= 0.6 is 24.8 Å². The molecule has 3 rings (SSSR count). The summed E-state index contributed by atoms with van der Waals surface area (Å²) in [4.78, 5) is 16.7. The standard InChI is InChI=1S/C17H19FN4O.2ClH/c18-14-7-1-2-8-15(14)22-16-13(6-4-10-20-16)17(23)21-12-5-3-9-19-11-12;;/h1-2,4,6-8,10,12,19H,3,5,9,11H2,(H,20,22)(H,21,23);2*1H. The molecule has 1 aliphatic heterocycles. The number of pyridine rings is 1. The second-order valence-electron chi connectivity index (χ2n) is 5.52. The van der Waals surface area contributed by atoms with Crippen LogP contribution in [0.4, 0.5) is 15.9 Å². The van der Waals surface area contributed by atoms with Gasteiger partial charge in [-0.05, 0) is 43.7 Å². The number of rotatable bonds is 4. The monoisotopic (exact) mass is 386 g/mol. The summed E-state index contributed by atoms with van der Waals surface area (Å²) in [5, 5.41) is 9.16. The zero-order valence-corrected chi connectivity index (χ0v) is 15.1. The smallest absolute Gasteiger partial charge is 0.255 e. The number of hydrogen-bond donors (Lipinski definition) is 3. The molecule has 1 atom stereocenters. The van der Waals surface area contributed by atoms with Gasteiger partial charge in [-0.3, -0.25) is 4.79 Å². The Morgan fingerprint density at radius 1 is 1.20 bits per heavy atom. The number of carbonyl (C=O) groups is 1. The van der Waals surface area contributed by atoms with Gasteiger partial charge >= 0.3 is 0 Å². The Hall–Kier alpha value is -1.89. The molecule has 0 spiro atoms. The van der Waals surface area contributed by atoms with E-state index in [9.17, 15) is 9.18 Å². The van der Waals surface area contributed by atoms with Gasteiger partial charge in [0.2, 0.25) is 0 Å². The van der Waals surface area contributed by atoms with E-state index in [4.69, 9.17) is 0 Å². The highest BCUT2D eigenvalue weighted by Crippen LogP contribution is 2.21. The molecule has 1 aliphatic rings. The van der Waals surface area contributed by atoms with E-state index in [-0.39, 0.29) is 42.6 Å². The third-order valence-electron chi connectivity index (χ3n) is 3.81. The van der Waals surface area contributed by atoms with Crippen molar-refractivity contribution in [3.63, 3.8) is 0 Å². The van der Waals surface area contributed by atoms with Crippen molar-refractivity contribution in [1.82, 2.24) is 15.6 Å². The summed E-state index contributed by atoms with van der Waals surface area (Å²) in [6, 6.07) is 9.79. The van der Waals surface area contributed by atoms with Crippen LogP contribution in [-0.2, 0) is 0 Å². The number of benzene rings is 1. The van der Waals surface area contributed by atoms with Gasteiger partial charge in [-0.15, -0.1) is 24.8 Å². The Morgan fingerprint density at radius 2 is 2.00 bits per heavy atom. The molecule has 2 heterocycles. The summed E-state index contributed by atoms with van der Waals surface area (Å²) < 4.78 is 13.8. The lowest BCUT2D eigenvalue weighted by molar-refractivity contribution is 0.0931. The zero-order valence-electron chi connectivity index (χ0n) is 13.5. The number of nitrogens with zero attached hydrogens (tertiary/aromatic N) is 1. The third kappa shape index (κ3) is 5.56. The summed E-state index contributed by atoms with van der Waals surface area (Å²) in [7, 11) is 0. The molecular formula is C17H21Cl2FN4O. The highest BCUT2D eigenvalue weighted by atomic mass is 35.5. The number of para-hydroxylation sites is 1. The molecule has 2 aromatic rings. The highest BCUT2D eigenvalue weighted by molar-refractivity contribution is 5.99. The lowest BCUT2D eigenvalue weighted by Gasteiger charge is -2.24. The highest BCUT2D eigenvalue weighted by Gasteiger charge is 2.19. The minimum atomic E-state index is -0.388. The summed E-state index contributed by atoms with van der Waals surface area (Å²) in [6.45, 7) is 1.75. The van der Waals surface area contributed by atoms with E-state index in [0.717, 1.165) is 25.9 Å². The molecule has 1 saturated heterocycles. The molecule has 1 unspecified atom stereocenters. The Labute approximate surface area is 158 Å². The number of piperidine rings is 1. The fraction of sp³-hybridized carbons (Fsp3) is 0.294. The van der Waals surface area contributed by atoms with E-state index in [1.54, 1.807) is 36.5 Å². The van der Waals surface area contributed by atoms with E-state index < -0.39 is 0 Å². The van der Waals surface area contributed by atoms with Crippen molar-refractivity contribution in [2.45, 2.75) is 18.9 Å². The molecule has 25 heavy (non-hydrogen) atoms. The lowest BCUT2D eigenvalue weighted by Crippen LogP contribution is -2.45. The minimum Gasteiger partial charge on any atom is -0.348 e. The van der Waals surface area contributed by atoms with Crippen LogP contribution in [0.1, 0.15) is 23.2 Å². The Bertz CT molecular complexity index is 696. The number of hydrogen-bond acceptors (Lipinski definition) is 4. The van der Waals surface area contributed by atoms with Gasteiger partial charge < -0.3 is 16.0 Å². The van der Waals surface area contributed by atoms with Crippen LogP contribution in [0.5, 0.6) is 0 Å². The van der Waals surface area contributed by atoms with Crippen LogP contribution in [0.25, 0.3) is 0 Å². The number of nitrogens with one attached hydrogen (secondary N) is 3. The van der Waals surface area contributed by atoms with Gasteiger partial charge in [-0.1, -0.05) is 12.1 Å². The minimum absolute atomic E-state index is 0. The molecule has 136 valence electrons. The first-order chi connectivity index (χ1) is 11.2. The summed E-state index contributed by atoms with van der Waals surface area (Å²) in [5.41, 5.74) is 0.695. The Morgan fingerprint density at radius 3 is 2.72 bits per heavy atom. The molecule has 3 N–H and O–H groups in total. The quantitative estimate of drug-likeness (QED) is 0.753. The molecule has 1 fully saturated rings. The van der Waals surface area contributed by atoms with E-state index in [2.05, 4.69) is 20.9 Å². The summed E-state index contributed by atoms with van der Waals surface area (Å²) in [5.74, 6) is -0.245. The molecule has 0 saturated carbocycles. The van der Waals surface area contributed by atoms with E-state index in [1.807, 2.05) is 0 Å². The van der Waals surface area contributed by atoms with Gasteiger partial charge in [0.05, 0.1) is 11.3 Å². The first-order valence-electron chi connectivity index (χ1n) is 7.72. The average molecular weight is 387 g/mol. The van der Waals surface area contributed by atoms with E-state index >= 15 is 0 Å². The van der Waals surface area contributed by atoms with Crippen LogP contribution in [0.2, 0.25) is 0 Å². The molecule has 1 aromatic carbocycles. The molecule has 0 bridgehead atoms. The van der Waals surface area contributed by atoms with Crippen LogP contribution < -0.4 is 16.0 Å². The van der Waals surface area contributed by atoms with Crippen LogP contribution in [-0.4, -0.2) is 30.0 Å². The predicted molar refractivity (Wildman–Crippen MR) is 102 cm³/mol. The molecule has 1 amide bonds. The van der Waals surface area contributed by atoms with Gasteiger partial charge in [0, 0.05) is 18.8 Å². The van der Waals surface area contributed by atoms with Crippen molar-refractivity contribution in [1.29, 1.82) is 0 Å². The van der Waals surface area contributed by atoms with Crippen molar-refractivity contribution >= 4 is 42.2 Å². The zero-order chi connectivity index (χ0) is 16.1. The van der Waals surface area contributed by atoms with E-state index in [0.29, 0.717) is 17.1 Å². The Kier molecular flexibility index (Phi) is 8.61. The fourth-order valence-electron chi connectivity index (χ4n) is 2.62. The van der Waals surface area contributed by atoms with Crippen LogP contribution in [0, 0.1) is 5.82 Å². The maximum Gasteiger partial charge on any atom is 0.255 e. The number of aromatic nitrogens is 1. The molecule has 0 aliphatic carbocycles. The van der Waals surface area contributed by atoms with Crippen LogP contribution in [0.3, 0.4) is 0 Å². The number of carbonyl (C=O) groups excluding carboxylic acids is 1. The van der Waals surface area contributed by atoms with E-state index in [1.165, 1.54) is 6.07 Å². The maximum atomic E-state index is 13.8. The second kappa shape index (κ2) is 10.2.